The van der Waals surface area contributed by atoms with E-state index in [9.17, 15) is 0 Å². The van der Waals surface area contributed by atoms with Gasteiger partial charge in [-0.3, -0.25) is 0 Å². The summed E-state index contributed by atoms with van der Waals surface area (Å²) >= 11 is 0. The quantitative estimate of drug-likeness (QED) is 0.719. The van der Waals surface area contributed by atoms with Crippen LogP contribution in [0.1, 0.15) is 33.6 Å². The van der Waals surface area contributed by atoms with Crippen molar-refractivity contribution in [3.05, 3.63) is 24.3 Å². The predicted molar refractivity (Wildman–Crippen MR) is 63.5 cm³/mol. The minimum Gasteiger partial charge on any atom is -0.399 e. The molecule has 0 aliphatic heterocycles. The molecule has 0 radical (unpaired) electrons. The normalized spacial score (nSPS) is 11.4. The number of nitrogens with one attached hydrogen (secondary N) is 1. The van der Waals surface area contributed by atoms with Gasteiger partial charge in [0, 0.05) is 16.9 Å². The summed E-state index contributed by atoms with van der Waals surface area (Å²) in [6.07, 6.45) is 2.35. The molecule has 0 aromatic heterocycles. The number of nitrogens with two attached hydrogens (primary N) is 1. The van der Waals surface area contributed by atoms with Crippen molar-refractivity contribution >= 4 is 11.4 Å². The Balaban J connectivity index is 2.64. The van der Waals surface area contributed by atoms with E-state index in [1.807, 2.05) is 24.3 Å². The molecule has 0 amide bonds. The standard InChI is InChI=1S/C12H20N2/c1-4-9-12(2,3)14-11-7-5-10(13)6-8-11/h5-8,14H,4,9,13H2,1-3H3. The first-order valence-corrected chi connectivity index (χ1v) is 5.17. The Bertz CT molecular complexity index is 275. The zero-order valence-corrected chi connectivity index (χ0v) is 9.30. The van der Waals surface area contributed by atoms with Crippen molar-refractivity contribution in [1.82, 2.24) is 0 Å². The van der Waals surface area contributed by atoms with Crippen molar-refractivity contribution in [2.45, 2.75) is 39.2 Å². The van der Waals surface area contributed by atoms with E-state index in [2.05, 4.69) is 26.1 Å². The Labute approximate surface area is 86.5 Å². The molecule has 0 heterocycles. The summed E-state index contributed by atoms with van der Waals surface area (Å²) in [5.41, 5.74) is 7.72. The summed E-state index contributed by atoms with van der Waals surface area (Å²) in [7, 11) is 0. The molecule has 3 N–H and O–H groups in total. The van der Waals surface area contributed by atoms with Crippen molar-refractivity contribution in [2.75, 3.05) is 11.1 Å². The van der Waals surface area contributed by atoms with Crippen molar-refractivity contribution < 1.29 is 0 Å². The molecule has 1 rings (SSSR count). The minimum atomic E-state index is 0.158. The minimum absolute atomic E-state index is 0.158. The van der Waals surface area contributed by atoms with Crippen LogP contribution in [0.5, 0.6) is 0 Å². The van der Waals surface area contributed by atoms with E-state index in [4.69, 9.17) is 5.73 Å². The first-order valence-electron chi connectivity index (χ1n) is 5.17. The lowest BCUT2D eigenvalue weighted by molar-refractivity contribution is 0.511. The maximum Gasteiger partial charge on any atom is 0.0345 e. The molecule has 0 saturated carbocycles. The monoisotopic (exact) mass is 192 g/mol. The largest absolute Gasteiger partial charge is 0.399 e. The molecule has 0 spiro atoms. The Hall–Kier alpha value is -1.18. The second-order valence-corrected chi connectivity index (χ2v) is 4.38. The Morgan fingerprint density at radius 1 is 1.21 bits per heavy atom. The highest BCUT2D eigenvalue weighted by atomic mass is 15.0. The van der Waals surface area contributed by atoms with Crippen LogP contribution < -0.4 is 11.1 Å². The van der Waals surface area contributed by atoms with Gasteiger partial charge in [-0.2, -0.15) is 0 Å². The number of benzene rings is 1. The van der Waals surface area contributed by atoms with E-state index >= 15 is 0 Å². The summed E-state index contributed by atoms with van der Waals surface area (Å²) in [4.78, 5) is 0. The molecule has 0 atom stereocenters. The third kappa shape index (κ3) is 3.29. The van der Waals surface area contributed by atoms with Crippen LogP contribution in [0.2, 0.25) is 0 Å². The van der Waals surface area contributed by atoms with Gasteiger partial charge < -0.3 is 11.1 Å². The van der Waals surface area contributed by atoms with Gasteiger partial charge in [0.05, 0.1) is 0 Å². The second kappa shape index (κ2) is 4.36. The van der Waals surface area contributed by atoms with Crippen LogP contribution in [0.4, 0.5) is 11.4 Å². The van der Waals surface area contributed by atoms with Crippen LogP contribution >= 0.6 is 0 Å². The molecule has 1 aromatic carbocycles. The molecule has 0 aliphatic carbocycles. The van der Waals surface area contributed by atoms with Crippen LogP contribution in [0.3, 0.4) is 0 Å². The summed E-state index contributed by atoms with van der Waals surface area (Å²) < 4.78 is 0. The van der Waals surface area contributed by atoms with Gasteiger partial charge in [0.1, 0.15) is 0 Å². The summed E-state index contributed by atoms with van der Waals surface area (Å²) in [6, 6.07) is 7.88. The van der Waals surface area contributed by atoms with Gasteiger partial charge in [-0.15, -0.1) is 0 Å². The smallest absolute Gasteiger partial charge is 0.0345 e. The third-order valence-electron chi connectivity index (χ3n) is 2.27. The molecule has 14 heavy (non-hydrogen) atoms. The van der Waals surface area contributed by atoms with Gasteiger partial charge in [-0.25, -0.2) is 0 Å². The molecule has 0 bridgehead atoms. The molecule has 0 unspecified atom stereocenters. The number of anilines is 2. The summed E-state index contributed by atoms with van der Waals surface area (Å²) in [5.74, 6) is 0. The number of nitrogen functional groups attached to an aromatic ring is 1. The Morgan fingerprint density at radius 2 is 1.79 bits per heavy atom. The number of rotatable bonds is 4. The average molecular weight is 192 g/mol. The summed E-state index contributed by atoms with van der Waals surface area (Å²) in [5, 5.41) is 3.49. The highest BCUT2D eigenvalue weighted by Crippen LogP contribution is 2.20. The number of hydrogen-bond acceptors (Lipinski definition) is 2. The predicted octanol–water partition coefficient (Wildman–Crippen LogP) is 3.26. The van der Waals surface area contributed by atoms with Gasteiger partial charge in [-0.05, 0) is 44.5 Å². The van der Waals surface area contributed by atoms with Gasteiger partial charge in [0.15, 0.2) is 0 Å². The van der Waals surface area contributed by atoms with Crippen LogP contribution in [-0.4, -0.2) is 5.54 Å². The fourth-order valence-electron chi connectivity index (χ4n) is 1.64. The maximum absolute atomic E-state index is 5.62. The molecule has 0 aliphatic rings. The molecule has 2 heteroatoms. The molecular formula is C12H20N2. The van der Waals surface area contributed by atoms with Gasteiger partial charge in [0.2, 0.25) is 0 Å². The first-order chi connectivity index (χ1) is 6.53. The SMILES string of the molecule is CCCC(C)(C)Nc1ccc(N)cc1. The highest BCUT2D eigenvalue weighted by Gasteiger charge is 2.15. The van der Waals surface area contributed by atoms with Gasteiger partial charge in [0.25, 0.3) is 0 Å². The van der Waals surface area contributed by atoms with Crippen molar-refractivity contribution in [1.29, 1.82) is 0 Å². The lowest BCUT2D eigenvalue weighted by atomic mass is 9.98. The van der Waals surface area contributed by atoms with E-state index in [-0.39, 0.29) is 5.54 Å². The van der Waals surface area contributed by atoms with E-state index in [1.54, 1.807) is 0 Å². The van der Waals surface area contributed by atoms with E-state index < -0.39 is 0 Å². The molecule has 2 nitrogen and oxygen atoms in total. The highest BCUT2D eigenvalue weighted by molar-refractivity contribution is 5.52. The van der Waals surface area contributed by atoms with Crippen LogP contribution in [0.15, 0.2) is 24.3 Å². The lowest BCUT2D eigenvalue weighted by Gasteiger charge is -2.27. The Kier molecular flexibility index (Phi) is 3.39. The third-order valence-corrected chi connectivity index (χ3v) is 2.27. The van der Waals surface area contributed by atoms with E-state index in [0.717, 1.165) is 17.8 Å². The molecule has 0 saturated heterocycles. The van der Waals surface area contributed by atoms with Crippen molar-refractivity contribution in [2.24, 2.45) is 0 Å². The van der Waals surface area contributed by atoms with Crippen LogP contribution in [0, 0.1) is 0 Å². The average Bonchev–Trinajstić information content (AvgIpc) is 2.08. The second-order valence-electron chi connectivity index (χ2n) is 4.38. The van der Waals surface area contributed by atoms with E-state index in [0.29, 0.717) is 0 Å². The van der Waals surface area contributed by atoms with Gasteiger partial charge >= 0.3 is 0 Å². The fraction of sp³-hybridized carbons (Fsp3) is 0.500. The zero-order chi connectivity index (χ0) is 10.6. The first kappa shape index (κ1) is 10.9. The number of hydrogen-bond donors (Lipinski definition) is 2. The molecular weight excluding hydrogens is 172 g/mol. The van der Waals surface area contributed by atoms with Crippen LogP contribution in [0.25, 0.3) is 0 Å². The fourth-order valence-corrected chi connectivity index (χ4v) is 1.64. The van der Waals surface area contributed by atoms with Crippen LogP contribution in [-0.2, 0) is 0 Å². The summed E-state index contributed by atoms with van der Waals surface area (Å²) in [6.45, 7) is 6.63. The maximum atomic E-state index is 5.62. The molecule has 0 fully saturated rings. The molecule has 78 valence electrons. The zero-order valence-electron chi connectivity index (χ0n) is 9.30. The van der Waals surface area contributed by atoms with Gasteiger partial charge in [-0.1, -0.05) is 13.3 Å². The topological polar surface area (TPSA) is 38.0 Å². The van der Waals surface area contributed by atoms with E-state index in [1.165, 1.54) is 6.42 Å². The Morgan fingerprint density at radius 3 is 2.29 bits per heavy atom. The van der Waals surface area contributed by atoms with Crippen molar-refractivity contribution in [3.63, 3.8) is 0 Å². The molecule has 1 aromatic rings. The van der Waals surface area contributed by atoms with Crippen molar-refractivity contribution in [3.8, 4) is 0 Å². The lowest BCUT2D eigenvalue weighted by Crippen LogP contribution is -2.30.